The predicted octanol–water partition coefficient (Wildman–Crippen LogP) is 2.69. The quantitative estimate of drug-likeness (QED) is 0.811. The van der Waals surface area contributed by atoms with Gasteiger partial charge in [0.05, 0.1) is 16.5 Å². The molecule has 0 amide bonds. The molecule has 0 spiro atoms. The predicted molar refractivity (Wildman–Crippen MR) is 62.0 cm³/mol. The van der Waals surface area contributed by atoms with Crippen LogP contribution in [0.25, 0.3) is 10.1 Å². The number of hydrogen-bond acceptors (Lipinski definition) is 3. The molecule has 0 saturated carbocycles. The van der Waals surface area contributed by atoms with Crippen molar-refractivity contribution in [3.05, 3.63) is 29.6 Å². The Bertz CT molecular complexity index is 422. The molecule has 0 bridgehead atoms. The van der Waals surface area contributed by atoms with Crippen molar-refractivity contribution in [1.82, 2.24) is 0 Å². The summed E-state index contributed by atoms with van der Waals surface area (Å²) in [6, 6.07) is 8.27. The molecule has 0 saturated heterocycles. The summed E-state index contributed by atoms with van der Waals surface area (Å²) < 4.78 is 1.26. The van der Waals surface area contributed by atoms with Crippen molar-refractivity contribution in [2.45, 2.75) is 13.0 Å². The molecule has 0 aliphatic heterocycles. The van der Waals surface area contributed by atoms with Gasteiger partial charge >= 0.3 is 0 Å². The molecular formula is C11H13NOS. The van der Waals surface area contributed by atoms with Crippen molar-refractivity contribution in [3.63, 3.8) is 0 Å². The number of aliphatic hydroxyl groups is 1. The zero-order valence-electron chi connectivity index (χ0n) is 8.03. The van der Waals surface area contributed by atoms with Crippen LogP contribution < -0.4 is 5.32 Å². The number of thiophene rings is 1. The summed E-state index contributed by atoms with van der Waals surface area (Å²) in [5.74, 6) is 0. The Morgan fingerprint density at radius 2 is 2.29 bits per heavy atom. The second-order valence-electron chi connectivity index (χ2n) is 3.37. The molecule has 74 valence electrons. The highest BCUT2D eigenvalue weighted by molar-refractivity contribution is 7.17. The topological polar surface area (TPSA) is 32.3 Å². The fraction of sp³-hybridized carbons (Fsp3) is 0.273. The van der Waals surface area contributed by atoms with Gasteiger partial charge in [0.2, 0.25) is 0 Å². The van der Waals surface area contributed by atoms with Gasteiger partial charge in [0.1, 0.15) is 0 Å². The highest BCUT2D eigenvalue weighted by Crippen LogP contribution is 2.28. The van der Waals surface area contributed by atoms with Crippen LogP contribution in [-0.2, 0) is 0 Å². The Morgan fingerprint density at radius 1 is 1.43 bits per heavy atom. The summed E-state index contributed by atoms with van der Waals surface area (Å²) in [5, 5.41) is 15.7. The molecule has 0 aliphatic carbocycles. The van der Waals surface area contributed by atoms with Crippen molar-refractivity contribution >= 4 is 27.1 Å². The zero-order chi connectivity index (χ0) is 9.97. The van der Waals surface area contributed by atoms with E-state index >= 15 is 0 Å². The number of aliphatic hydroxyl groups excluding tert-OH is 1. The summed E-state index contributed by atoms with van der Waals surface area (Å²) in [6.07, 6.45) is -0.315. The molecule has 0 aliphatic rings. The first-order valence-corrected chi connectivity index (χ1v) is 5.53. The van der Waals surface area contributed by atoms with Gasteiger partial charge in [0.25, 0.3) is 0 Å². The van der Waals surface area contributed by atoms with Crippen LogP contribution in [0.4, 0.5) is 5.69 Å². The third-order valence-electron chi connectivity index (χ3n) is 2.07. The van der Waals surface area contributed by atoms with E-state index in [1.165, 1.54) is 10.1 Å². The van der Waals surface area contributed by atoms with Crippen LogP contribution in [0.1, 0.15) is 6.92 Å². The Hall–Kier alpha value is -1.06. The maximum Gasteiger partial charge on any atom is 0.0684 e. The minimum Gasteiger partial charge on any atom is -0.392 e. The van der Waals surface area contributed by atoms with Gasteiger partial charge in [0.15, 0.2) is 0 Å². The van der Waals surface area contributed by atoms with Crippen LogP contribution >= 0.6 is 11.3 Å². The maximum absolute atomic E-state index is 9.18. The molecular weight excluding hydrogens is 194 g/mol. The molecule has 3 heteroatoms. The number of fused-ring (bicyclic) bond motifs is 1. The zero-order valence-corrected chi connectivity index (χ0v) is 8.84. The van der Waals surface area contributed by atoms with E-state index < -0.39 is 0 Å². The molecule has 14 heavy (non-hydrogen) atoms. The van der Waals surface area contributed by atoms with E-state index in [-0.39, 0.29) is 6.10 Å². The monoisotopic (exact) mass is 207 g/mol. The third kappa shape index (κ3) is 1.89. The summed E-state index contributed by atoms with van der Waals surface area (Å²) >= 11 is 1.72. The van der Waals surface area contributed by atoms with E-state index in [1.54, 1.807) is 18.3 Å². The van der Waals surface area contributed by atoms with E-state index in [4.69, 9.17) is 0 Å². The van der Waals surface area contributed by atoms with Gasteiger partial charge in [-0.3, -0.25) is 0 Å². The van der Waals surface area contributed by atoms with Gasteiger partial charge in [-0.25, -0.2) is 0 Å². The van der Waals surface area contributed by atoms with Crippen molar-refractivity contribution < 1.29 is 5.11 Å². The van der Waals surface area contributed by atoms with Gasteiger partial charge in [-0.1, -0.05) is 12.1 Å². The number of nitrogens with one attached hydrogen (secondary N) is 1. The molecule has 2 rings (SSSR count). The van der Waals surface area contributed by atoms with Crippen LogP contribution in [0.15, 0.2) is 29.6 Å². The Morgan fingerprint density at radius 3 is 3.07 bits per heavy atom. The fourth-order valence-electron chi connectivity index (χ4n) is 1.39. The summed E-state index contributed by atoms with van der Waals surface area (Å²) in [6.45, 7) is 2.37. The summed E-state index contributed by atoms with van der Waals surface area (Å²) in [4.78, 5) is 0. The van der Waals surface area contributed by atoms with E-state index in [0.717, 1.165) is 5.69 Å². The minimum absolute atomic E-state index is 0.315. The van der Waals surface area contributed by atoms with Gasteiger partial charge < -0.3 is 10.4 Å². The van der Waals surface area contributed by atoms with Crippen LogP contribution in [0, 0.1) is 0 Å². The first-order chi connectivity index (χ1) is 6.77. The molecule has 2 aromatic rings. The normalized spacial score (nSPS) is 13.0. The van der Waals surface area contributed by atoms with Gasteiger partial charge in [-0.2, -0.15) is 0 Å². The molecule has 0 fully saturated rings. The summed E-state index contributed by atoms with van der Waals surface area (Å²) in [5.41, 5.74) is 1.11. The van der Waals surface area contributed by atoms with Crippen LogP contribution in [0.3, 0.4) is 0 Å². The molecule has 1 atom stereocenters. The van der Waals surface area contributed by atoms with E-state index in [2.05, 4.69) is 22.8 Å². The largest absolute Gasteiger partial charge is 0.392 e. The van der Waals surface area contributed by atoms with Crippen molar-refractivity contribution in [2.24, 2.45) is 0 Å². The Balaban J connectivity index is 2.27. The number of anilines is 1. The standard InChI is InChI=1S/C11H13NOS/c1-8(13)7-12-10-4-2-3-9-5-6-14-11(9)10/h2-6,8,12-13H,7H2,1H3. The molecule has 2 nitrogen and oxygen atoms in total. The van der Waals surface area contributed by atoms with Crippen molar-refractivity contribution in [1.29, 1.82) is 0 Å². The van der Waals surface area contributed by atoms with E-state index in [1.807, 2.05) is 12.1 Å². The lowest BCUT2D eigenvalue weighted by Gasteiger charge is -2.08. The van der Waals surface area contributed by atoms with Crippen molar-refractivity contribution in [2.75, 3.05) is 11.9 Å². The molecule has 1 aromatic carbocycles. The fourth-order valence-corrected chi connectivity index (χ4v) is 2.28. The van der Waals surface area contributed by atoms with E-state index in [0.29, 0.717) is 6.54 Å². The van der Waals surface area contributed by atoms with Crippen LogP contribution in [-0.4, -0.2) is 17.8 Å². The van der Waals surface area contributed by atoms with Crippen LogP contribution in [0.5, 0.6) is 0 Å². The Kier molecular flexibility index (Phi) is 2.70. The third-order valence-corrected chi connectivity index (χ3v) is 3.03. The lowest BCUT2D eigenvalue weighted by atomic mass is 10.2. The lowest BCUT2D eigenvalue weighted by molar-refractivity contribution is 0.208. The molecule has 0 radical (unpaired) electrons. The van der Waals surface area contributed by atoms with Crippen molar-refractivity contribution in [3.8, 4) is 0 Å². The van der Waals surface area contributed by atoms with Gasteiger partial charge in [-0.15, -0.1) is 11.3 Å². The molecule has 2 N–H and O–H groups in total. The first kappa shape index (κ1) is 9.49. The lowest BCUT2D eigenvalue weighted by Crippen LogP contribution is -2.15. The number of benzene rings is 1. The second-order valence-corrected chi connectivity index (χ2v) is 4.29. The highest BCUT2D eigenvalue weighted by Gasteiger charge is 2.02. The average molecular weight is 207 g/mol. The molecule has 1 aromatic heterocycles. The highest BCUT2D eigenvalue weighted by atomic mass is 32.1. The molecule has 1 heterocycles. The van der Waals surface area contributed by atoms with E-state index in [9.17, 15) is 5.11 Å². The second kappa shape index (κ2) is 3.98. The molecule has 1 unspecified atom stereocenters. The maximum atomic E-state index is 9.18. The smallest absolute Gasteiger partial charge is 0.0684 e. The summed E-state index contributed by atoms with van der Waals surface area (Å²) in [7, 11) is 0. The van der Waals surface area contributed by atoms with Gasteiger partial charge in [-0.05, 0) is 29.8 Å². The minimum atomic E-state index is -0.315. The average Bonchev–Trinajstić information content (AvgIpc) is 2.62. The van der Waals surface area contributed by atoms with Gasteiger partial charge in [0, 0.05) is 6.54 Å². The first-order valence-electron chi connectivity index (χ1n) is 4.65. The number of hydrogen-bond donors (Lipinski definition) is 2. The SMILES string of the molecule is CC(O)CNc1cccc2ccsc12. The van der Waals surface area contributed by atoms with Crippen LogP contribution in [0.2, 0.25) is 0 Å². The number of rotatable bonds is 3. The Labute approximate surface area is 87.2 Å².